The third-order valence-corrected chi connectivity index (χ3v) is 3.73. The van der Waals surface area contributed by atoms with E-state index < -0.39 is 5.60 Å². The number of aliphatic hydroxyl groups is 1. The third-order valence-electron chi connectivity index (χ3n) is 3.73. The highest BCUT2D eigenvalue weighted by molar-refractivity contribution is 5.79. The van der Waals surface area contributed by atoms with Crippen molar-refractivity contribution >= 4 is 5.91 Å². The molecule has 3 nitrogen and oxygen atoms in total. The largest absolute Gasteiger partial charge is 0.390 e. The van der Waals surface area contributed by atoms with Crippen molar-refractivity contribution in [3.05, 3.63) is 12.2 Å². The molecule has 0 aromatic heterocycles. The van der Waals surface area contributed by atoms with Crippen LogP contribution in [-0.4, -0.2) is 34.6 Å². The lowest BCUT2D eigenvalue weighted by Gasteiger charge is -2.25. The second-order valence-corrected chi connectivity index (χ2v) is 5.32. The Kier molecular flexibility index (Phi) is 3.33. The summed E-state index contributed by atoms with van der Waals surface area (Å²) < 4.78 is 0. The highest BCUT2D eigenvalue weighted by atomic mass is 16.3. The molecule has 1 unspecified atom stereocenters. The summed E-state index contributed by atoms with van der Waals surface area (Å²) >= 11 is 0. The van der Waals surface area contributed by atoms with Crippen molar-refractivity contribution in [3.63, 3.8) is 0 Å². The Morgan fingerprint density at radius 1 is 1.31 bits per heavy atom. The minimum atomic E-state index is -0.580. The van der Waals surface area contributed by atoms with Crippen LogP contribution in [0.5, 0.6) is 0 Å². The van der Waals surface area contributed by atoms with E-state index in [1.807, 2.05) is 11.8 Å². The molecule has 2 rings (SSSR count). The molecule has 1 aliphatic carbocycles. The van der Waals surface area contributed by atoms with Gasteiger partial charge in [0.25, 0.3) is 0 Å². The number of nitrogens with zero attached hydrogens (tertiary/aromatic N) is 1. The summed E-state index contributed by atoms with van der Waals surface area (Å²) in [6, 6.07) is 0. The van der Waals surface area contributed by atoms with Crippen molar-refractivity contribution in [2.75, 3.05) is 13.1 Å². The molecule has 1 fully saturated rings. The van der Waals surface area contributed by atoms with Gasteiger partial charge in [0.1, 0.15) is 0 Å². The maximum Gasteiger partial charge on any atom is 0.226 e. The molecule has 0 radical (unpaired) electrons. The number of carbonyl (C=O) groups excluding carboxylic acids is 1. The lowest BCUT2D eigenvalue weighted by molar-refractivity contribution is -0.135. The van der Waals surface area contributed by atoms with Crippen LogP contribution in [-0.2, 0) is 4.79 Å². The van der Waals surface area contributed by atoms with Crippen LogP contribution in [0.1, 0.15) is 39.0 Å². The first kappa shape index (κ1) is 11.6. The molecule has 0 spiro atoms. The summed E-state index contributed by atoms with van der Waals surface area (Å²) in [5, 5.41) is 9.97. The Morgan fingerprint density at radius 2 is 2.00 bits per heavy atom. The van der Waals surface area contributed by atoms with E-state index >= 15 is 0 Å². The van der Waals surface area contributed by atoms with Gasteiger partial charge < -0.3 is 10.0 Å². The number of likely N-dealkylation sites (tertiary alicyclic amines) is 1. The standard InChI is InChI=1S/C13H21NO2/c1-13(16)7-4-9-14(10-8-13)12(15)11-5-2-3-6-11/h2-3,11,16H,4-10H2,1H3. The fraction of sp³-hybridized carbons (Fsp3) is 0.769. The average molecular weight is 223 g/mol. The van der Waals surface area contributed by atoms with Gasteiger partial charge in [0, 0.05) is 19.0 Å². The SMILES string of the molecule is CC1(O)CCCN(C(=O)C2CC=CC2)CC1. The number of hydrogen-bond acceptors (Lipinski definition) is 2. The summed E-state index contributed by atoms with van der Waals surface area (Å²) in [6.07, 6.45) is 8.40. The first-order valence-electron chi connectivity index (χ1n) is 6.25. The van der Waals surface area contributed by atoms with Gasteiger partial charge >= 0.3 is 0 Å². The number of amides is 1. The molecular weight excluding hydrogens is 202 g/mol. The number of allylic oxidation sites excluding steroid dienone is 2. The molecule has 1 aliphatic heterocycles. The van der Waals surface area contributed by atoms with Gasteiger partial charge in [-0.25, -0.2) is 0 Å². The molecule has 1 N–H and O–H groups in total. The predicted molar refractivity (Wildman–Crippen MR) is 62.9 cm³/mol. The van der Waals surface area contributed by atoms with E-state index in [4.69, 9.17) is 0 Å². The molecule has 0 aromatic rings. The van der Waals surface area contributed by atoms with Gasteiger partial charge in [0.2, 0.25) is 5.91 Å². The maximum absolute atomic E-state index is 12.2. The normalized spacial score (nSPS) is 31.8. The van der Waals surface area contributed by atoms with Crippen molar-refractivity contribution in [1.82, 2.24) is 4.90 Å². The van der Waals surface area contributed by atoms with Crippen molar-refractivity contribution in [2.24, 2.45) is 5.92 Å². The number of carbonyl (C=O) groups is 1. The summed E-state index contributed by atoms with van der Waals surface area (Å²) in [5.74, 6) is 0.450. The van der Waals surface area contributed by atoms with E-state index in [0.29, 0.717) is 13.0 Å². The fourth-order valence-corrected chi connectivity index (χ4v) is 2.56. The van der Waals surface area contributed by atoms with E-state index in [9.17, 15) is 9.90 Å². The molecule has 3 heteroatoms. The predicted octanol–water partition coefficient (Wildman–Crippen LogP) is 1.72. The third kappa shape index (κ3) is 2.64. The molecule has 0 bridgehead atoms. The molecule has 16 heavy (non-hydrogen) atoms. The van der Waals surface area contributed by atoms with Gasteiger partial charge in [0.05, 0.1) is 5.60 Å². The molecule has 90 valence electrons. The van der Waals surface area contributed by atoms with Crippen LogP contribution in [0, 0.1) is 5.92 Å². The topological polar surface area (TPSA) is 40.5 Å². The van der Waals surface area contributed by atoms with Crippen molar-refractivity contribution in [1.29, 1.82) is 0 Å². The second-order valence-electron chi connectivity index (χ2n) is 5.32. The van der Waals surface area contributed by atoms with Crippen LogP contribution in [0.3, 0.4) is 0 Å². The summed E-state index contributed by atoms with van der Waals surface area (Å²) in [4.78, 5) is 14.1. The fourth-order valence-electron chi connectivity index (χ4n) is 2.56. The molecule has 1 atom stereocenters. The molecular formula is C13H21NO2. The summed E-state index contributed by atoms with van der Waals surface area (Å²) in [5.41, 5.74) is -0.580. The monoisotopic (exact) mass is 223 g/mol. The molecule has 0 aromatic carbocycles. The molecule has 1 amide bonds. The van der Waals surface area contributed by atoms with Gasteiger partial charge in [0.15, 0.2) is 0 Å². The minimum Gasteiger partial charge on any atom is -0.390 e. The highest BCUT2D eigenvalue weighted by Gasteiger charge is 2.30. The van der Waals surface area contributed by atoms with Crippen LogP contribution in [0.4, 0.5) is 0 Å². The minimum absolute atomic E-state index is 0.169. The maximum atomic E-state index is 12.2. The molecule has 0 saturated carbocycles. The van der Waals surface area contributed by atoms with Crippen LogP contribution in [0.2, 0.25) is 0 Å². The zero-order valence-corrected chi connectivity index (χ0v) is 9.98. The summed E-state index contributed by atoms with van der Waals surface area (Å²) in [6.45, 7) is 3.39. The lowest BCUT2D eigenvalue weighted by atomic mass is 9.98. The zero-order valence-electron chi connectivity index (χ0n) is 9.98. The van der Waals surface area contributed by atoms with Crippen LogP contribution >= 0.6 is 0 Å². The molecule has 1 heterocycles. The Bertz CT molecular complexity index is 288. The molecule has 1 saturated heterocycles. The van der Waals surface area contributed by atoms with Crippen molar-refractivity contribution in [2.45, 2.75) is 44.6 Å². The second kappa shape index (κ2) is 4.58. The van der Waals surface area contributed by atoms with E-state index in [-0.39, 0.29) is 11.8 Å². The van der Waals surface area contributed by atoms with E-state index in [2.05, 4.69) is 12.2 Å². The van der Waals surface area contributed by atoms with Crippen LogP contribution in [0.25, 0.3) is 0 Å². The quantitative estimate of drug-likeness (QED) is 0.688. The van der Waals surface area contributed by atoms with Crippen LogP contribution < -0.4 is 0 Å². The number of rotatable bonds is 1. The van der Waals surface area contributed by atoms with Gasteiger partial charge in [-0.3, -0.25) is 4.79 Å². The van der Waals surface area contributed by atoms with Crippen LogP contribution in [0.15, 0.2) is 12.2 Å². The Morgan fingerprint density at radius 3 is 2.69 bits per heavy atom. The molecule has 2 aliphatic rings. The Hall–Kier alpha value is -0.830. The zero-order chi connectivity index (χ0) is 11.6. The average Bonchev–Trinajstić information content (AvgIpc) is 2.69. The van der Waals surface area contributed by atoms with E-state index in [0.717, 1.165) is 32.2 Å². The van der Waals surface area contributed by atoms with Gasteiger partial charge in [-0.15, -0.1) is 0 Å². The Labute approximate surface area is 97.1 Å². The smallest absolute Gasteiger partial charge is 0.226 e. The van der Waals surface area contributed by atoms with Gasteiger partial charge in [-0.05, 0) is 39.0 Å². The first-order valence-corrected chi connectivity index (χ1v) is 6.25. The summed E-state index contributed by atoms with van der Waals surface area (Å²) in [7, 11) is 0. The van der Waals surface area contributed by atoms with Crippen molar-refractivity contribution in [3.8, 4) is 0 Å². The van der Waals surface area contributed by atoms with Crippen molar-refractivity contribution < 1.29 is 9.90 Å². The first-order chi connectivity index (χ1) is 7.58. The van der Waals surface area contributed by atoms with E-state index in [1.54, 1.807) is 0 Å². The highest BCUT2D eigenvalue weighted by Crippen LogP contribution is 2.25. The van der Waals surface area contributed by atoms with Gasteiger partial charge in [-0.2, -0.15) is 0 Å². The van der Waals surface area contributed by atoms with E-state index in [1.165, 1.54) is 0 Å². The van der Waals surface area contributed by atoms with Gasteiger partial charge in [-0.1, -0.05) is 12.2 Å². The lowest BCUT2D eigenvalue weighted by Crippen LogP contribution is -2.37. The number of hydrogen-bond donors (Lipinski definition) is 1. The Balaban J connectivity index is 1.92.